The molecular weight excluding hydrogens is 262 g/mol. The molecule has 0 unspecified atom stereocenters. The zero-order valence-corrected chi connectivity index (χ0v) is 13.2. The van der Waals surface area contributed by atoms with Crippen LogP contribution < -0.4 is 10.6 Å². The quantitative estimate of drug-likeness (QED) is 0.906. The molecule has 0 saturated carbocycles. The lowest BCUT2D eigenvalue weighted by Gasteiger charge is -2.23. The summed E-state index contributed by atoms with van der Waals surface area (Å²) in [7, 11) is 0. The van der Waals surface area contributed by atoms with Crippen molar-refractivity contribution in [3.05, 3.63) is 23.0 Å². The third-order valence-electron chi connectivity index (χ3n) is 4.50. The first-order chi connectivity index (χ1) is 10.2. The Morgan fingerprint density at radius 3 is 2.81 bits per heavy atom. The third-order valence-corrected chi connectivity index (χ3v) is 4.50. The van der Waals surface area contributed by atoms with Gasteiger partial charge < -0.3 is 10.6 Å². The van der Waals surface area contributed by atoms with E-state index >= 15 is 0 Å². The molecule has 5 heteroatoms. The van der Waals surface area contributed by atoms with E-state index < -0.39 is 0 Å². The third kappa shape index (κ3) is 2.88. The maximum Gasteiger partial charge on any atom is 0.160 e. The van der Waals surface area contributed by atoms with E-state index in [2.05, 4.69) is 35.6 Å². The van der Waals surface area contributed by atoms with E-state index in [0.717, 1.165) is 54.8 Å². The monoisotopic (exact) mass is 287 g/mol. The number of anilines is 1. The Kier molecular flexibility index (Phi) is 4.10. The zero-order valence-electron chi connectivity index (χ0n) is 13.2. The molecule has 3 rings (SSSR count). The van der Waals surface area contributed by atoms with Crippen LogP contribution in [-0.4, -0.2) is 34.2 Å². The summed E-state index contributed by atoms with van der Waals surface area (Å²) < 4.78 is 1.96. The van der Waals surface area contributed by atoms with Crippen molar-refractivity contribution in [2.24, 2.45) is 5.92 Å². The highest BCUT2D eigenvalue weighted by molar-refractivity contribution is 5.56. The Labute approximate surface area is 126 Å². The molecule has 1 aliphatic rings. The van der Waals surface area contributed by atoms with Crippen molar-refractivity contribution in [2.75, 3.05) is 25.0 Å². The topological polar surface area (TPSA) is 54.2 Å². The molecule has 1 saturated heterocycles. The van der Waals surface area contributed by atoms with Crippen LogP contribution in [0.5, 0.6) is 0 Å². The lowest BCUT2D eigenvalue weighted by Crippen LogP contribution is -2.31. The van der Waals surface area contributed by atoms with Crippen LogP contribution in [-0.2, 0) is 6.42 Å². The van der Waals surface area contributed by atoms with Gasteiger partial charge >= 0.3 is 0 Å². The lowest BCUT2D eigenvalue weighted by atomic mass is 9.98. The molecule has 0 radical (unpaired) electrons. The fourth-order valence-corrected chi connectivity index (χ4v) is 2.92. The molecule has 2 aromatic heterocycles. The molecule has 0 aromatic carbocycles. The SMILES string of the molecule is CCc1cc(NCC2CCNCC2)n2nc(C)c(C)c2n1. The number of piperidine rings is 1. The van der Waals surface area contributed by atoms with E-state index in [-0.39, 0.29) is 0 Å². The van der Waals surface area contributed by atoms with Gasteiger partial charge in [0.15, 0.2) is 5.65 Å². The summed E-state index contributed by atoms with van der Waals surface area (Å²) in [5.74, 6) is 1.82. The number of nitrogens with one attached hydrogen (secondary N) is 2. The first kappa shape index (κ1) is 14.3. The van der Waals surface area contributed by atoms with Gasteiger partial charge in [0.05, 0.1) is 5.69 Å². The highest BCUT2D eigenvalue weighted by Gasteiger charge is 2.15. The summed E-state index contributed by atoms with van der Waals surface area (Å²) in [5, 5.41) is 11.7. The molecule has 5 nitrogen and oxygen atoms in total. The van der Waals surface area contributed by atoms with Gasteiger partial charge in [-0.3, -0.25) is 0 Å². The highest BCUT2D eigenvalue weighted by Crippen LogP contribution is 2.20. The van der Waals surface area contributed by atoms with E-state index in [1.807, 2.05) is 11.4 Å². The molecule has 1 fully saturated rings. The summed E-state index contributed by atoms with van der Waals surface area (Å²) in [6.45, 7) is 9.58. The molecule has 0 aliphatic carbocycles. The smallest absolute Gasteiger partial charge is 0.160 e. The molecule has 1 aliphatic heterocycles. The van der Waals surface area contributed by atoms with Gasteiger partial charge in [-0.25, -0.2) is 4.98 Å². The first-order valence-electron chi connectivity index (χ1n) is 7.99. The van der Waals surface area contributed by atoms with Gasteiger partial charge in [0.2, 0.25) is 0 Å². The zero-order chi connectivity index (χ0) is 14.8. The average molecular weight is 287 g/mol. The maximum absolute atomic E-state index is 4.72. The van der Waals surface area contributed by atoms with E-state index in [4.69, 9.17) is 4.98 Å². The predicted molar refractivity (Wildman–Crippen MR) is 85.9 cm³/mol. The van der Waals surface area contributed by atoms with Gasteiger partial charge in [-0.15, -0.1) is 0 Å². The van der Waals surface area contributed by atoms with E-state index in [9.17, 15) is 0 Å². The van der Waals surface area contributed by atoms with Gasteiger partial charge in [-0.05, 0) is 52.1 Å². The number of nitrogens with zero attached hydrogens (tertiary/aromatic N) is 3. The Hall–Kier alpha value is -1.62. The van der Waals surface area contributed by atoms with Crippen molar-refractivity contribution in [2.45, 2.75) is 40.0 Å². The number of aryl methyl sites for hydroxylation is 3. The van der Waals surface area contributed by atoms with Gasteiger partial charge in [-0.2, -0.15) is 9.61 Å². The van der Waals surface area contributed by atoms with Crippen molar-refractivity contribution < 1.29 is 0 Å². The minimum atomic E-state index is 0.747. The number of aromatic nitrogens is 3. The molecule has 3 heterocycles. The fourth-order valence-electron chi connectivity index (χ4n) is 2.92. The van der Waals surface area contributed by atoms with Crippen LogP contribution in [0.4, 0.5) is 5.82 Å². The molecule has 0 atom stereocenters. The molecule has 21 heavy (non-hydrogen) atoms. The minimum Gasteiger partial charge on any atom is -0.370 e. The van der Waals surface area contributed by atoms with Gasteiger partial charge in [0, 0.05) is 23.9 Å². The van der Waals surface area contributed by atoms with Crippen molar-refractivity contribution in [3.8, 4) is 0 Å². The number of rotatable bonds is 4. The van der Waals surface area contributed by atoms with Crippen molar-refractivity contribution >= 4 is 11.5 Å². The Morgan fingerprint density at radius 2 is 2.10 bits per heavy atom. The van der Waals surface area contributed by atoms with E-state index in [1.165, 1.54) is 18.4 Å². The van der Waals surface area contributed by atoms with Gasteiger partial charge in [0.25, 0.3) is 0 Å². The molecule has 2 N–H and O–H groups in total. The minimum absolute atomic E-state index is 0.747. The molecule has 0 spiro atoms. The van der Waals surface area contributed by atoms with Crippen LogP contribution in [0.1, 0.15) is 36.7 Å². The average Bonchev–Trinajstić information content (AvgIpc) is 2.81. The van der Waals surface area contributed by atoms with E-state index in [1.54, 1.807) is 0 Å². The standard InChI is InChI=1S/C16H25N5/c1-4-14-9-15(18-10-13-5-7-17-8-6-13)21-16(19-14)11(2)12(3)20-21/h9,13,17-18H,4-8,10H2,1-3H3. The lowest BCUT2D eigenvalue weighted by molar-refractivity contribution is 0.389. The molecule has 2 aromatic rings. The van der Waals surface area contributed by atoms with Crippen LogP contribution in [0.2, 0.25) is 0 Å². The van der Waals surface area contributed by atoms with Crippen LogP contribution >= 0.6 is 0 Å². The first-order valence-corrected chi connectivity index (χ1v) is 7.99. The predicted octanol–water partition coefficient (Wildman–Crippen LogP) is 2.32. The normalized spacial score (nSPS) is 16.5. The maximum atomic E-state index is 4.72. The second kappa shape index (κ2) is 6.02. The van der Waals surface area contributed by atoms with Crippen molar-refractivity contribution in [3.63, 3.8) is 0 Å². The van der Waals surface area contributed by atoms with Crippen molar-refractivity contribution in [1.29, 1.82) is 0 Å². The second-order valence-corrected chi connectivity index (χ2v) is 6.01. The number of fused-ring (bicyclic) bond motifs is 1. The fraction of sp³-hybridized carbons (Fsp3) is 0.625. The van der Waals surface area contributed by atoms with E-state index in [0.29, 0.717) is 0 Å². The Morgan fingerprint density at radius 1 is 1.33 bits per heavy atom. The highest BCUT2D eigenvalue weighted by atomic mass is 15.3. The van der Waals surface area contributed by atoms with Gasteiger partial charge in [-0.1, -0.05) is 6.92 Å². The molecule has 114 valence electrons. The van der Waals surface area contributed by atoms with Crippen LogP contribution in [0.3, 0.4) is 0 Å². The number of hydrogen-bond acceptors (Lipinski definition) is 4. The largest absolute Gasteiger partial charge is 0.370 e. The van der Waals surface area contributed by atoms with Crippen molar-refractivity contribution in [1.82, 2.24) is 19.9 Å². The number of hydrogen-bond donors (Lipinski definition) is 2. The molecule has 0 bridgehead atoms. The summed E-state index contributed by atoms with van der Waals surface area (Å²) >= 11 is 0. The van der Waals surface area contributed by atoms with Gasteiger partial charge in [0.1, 0.15) is 5.82 Å². The Balaban J connectivity index is 1.87. The molecule has 0 amide bonds. The summed E-state index contributed by atoms with van der Waals surface area (Å²) in [5.41, 5.74) is 4.34. The summed E-state index contributed by atoms with van der Waals surface area (Å²) in [4.78, 5) is 4.72. The Bertz CT molecular complexity index is 625. The molecular formula is C16H25N5. The van der Waals surface area contributed by atoms with Crippen LogP contribution in [0, 0.1) is 19.8 Å². The summed E-state index contributed by atoms with van der Waals surface area (Å²) in [6, 6.07) is 2.14. The second-order valence-electron chi connectivity index (χ2n) is 6.01. The summed E-state index contributed by atoms with van der Waals surface area (Å²) in [6.07, 6.45) is 3.44. The van der Waals surface area contributed by atoms with Crippen LogP contribution in [0.25, 0.3) is 5.65 Å². The van der Waals surface area contributed by atoms with Crippen LogP contribution in [0.15, 0.2) is 6.07 Å².